The Bertz CT molecular complexity index is 728. The highest BCUT2D eigenvalue weighted by atomic mass is 16.6. The maximum Gasteiger partial charge on any atom is 0.264 e. The Labute approximate surface area is 126 Å². The number of carbonyl (C=O) groups is 1. The number of hydrogen-bond donors (Lipinski definition) is 2. The molecule has 0 fully saturated rings. The van der Waals surface area contributed by atoms with Crippen LogP contribution in [0.2, 0.25) is 0 Å². The molecule has 0 aliphatic carbocycles. The number of aromatic amines is 1. The second-order valence-corrected chi connectivity index (χ2v) is 4.81. The molecular formula is C15H15N3O4. The number of para-hydroxylation sites is 2. The predicted molar refractivity (Wildman–Crippen MR) is 77.9 cm³/mol. The third kappa shape index (κ3) is 3.25. The number of benzene rings is 1. The Kier molecular flexibility index (Phi) is 4.04. The van der Waals surface area contributed by atoms with E-state index in [1.807, 2.05) is 12.1 Å². The molecular weight excluding hydrogens is 286 g/mol. The molecule has 1 aliphatic rings. The highest BCUT2D eigenvalue weighted by Crippen LogP contribution is 2.30. The number of H-pyrrole nitrogens is 1. The molecule has 1 aromatic carbocycles. The van der Waals surface area contributed by atoms with E-state index in [-0.39, 0.29) is 18.1 Å². The molecule has 22 heavy (non-hydrogen) atoms. The smallest absolute Gasteiger partial charge is 0.264 e. The quantitative estimate of drug-likeness (QED) is 0.845. The fourth-order valence-corrected chi connectivity index (χ4v) is 2.12. The van der Waals surface area contributed by atoms with E-state index < -0.39 is 6.10 Å². The molecule has 3 rings (SSSR count). The standard InChI is InChI=1S/C15H15N3O4/c19-14-7-10(17-9-18-14)5-6-16-15(20)13-8-21-11-3-1-2-4-12(11)22-13/h1-4,7,9,13H,5-6,8H2,(H,16,20)(H,17,18,19). The minimum atomic E-state index is -0.679. The van der Waals surface area contributed by atoms with Gasteiger partial charge in [-0.2, -0.15) is 0 Å². The van der Waals surface area contributed by atoms with Crippen LogP contribution in [0.1, 0.15) is 5.69 Å². The number of rotatable bonds is 4. The minimum absolute atomic E-state index is 0.173. The lowest BCUT2D eigenvalue weighted by Gasteiger charge is -2.25. The summed E-state index contributed by atoms with van der Waals surface area (Å²) < 4.78 is 11.1. The number of nitrogens with one attached hydrogen (secondary N) is 2. The highest BCUT2D eigenvalue weighted by Gasteiger charge is 2.26. The van der Waals surface area contributed by atoms with Crippen molar-refractivity contribution < 1.29 is 14.3 Å². The maximum atomic E-state index is 12.1. The van der Waals surface area contributed by atoms with Gasteiger partial charge in [-0.25, -0.2) is 4.98 Å². The first-order valence-electron chi connectivity index (χ1n) is 6.92. The lowest BCUT2D eigenvalue weighted by atomic mass is 10.2. The summed E-state index contributed by atoms with van der Waals surface area (Å²) in [5, 5.41) is 2.75. The summed E-state index contributed by atoms with van der Waals surface area (Å²) in [5.41, 5.74) is 0.409. The SMILES string of the molecule is O=C(NCCc1cc(=O)[nH]cn1)C1COc2ccccc2O1. The van der Waals surface area contributed by atoms with Crippen molar-refractivity contribution in [3.05, 3.63) is 52.7 Å². The first-order chi connectivity index (χ1) is 10.7. The molecule has 0 radical (unpaired) electrons. The molecule has 7 heteroatoms. The molecule has 1 unspecified atom stereocenters. The van der Waals surface area contributed by atoms with E-state index in [1.54, 1.807) is 12.1 Å². The van der Waals surface area contributed by atoms with E-state index in [9.17, 15) is 9.59 Å². The van der Waals surface area contributed by atoms with Crippen LogP contribution in [0.15, 0.2) is 41.5 Å². The summed E-state index contributed by atoms with van der Waals surface area (Å²) in [4.78, 5) is 29.6. The zero-order valence-corrected chi connectivity index (χ0v) is 11.7. The predicted octanol–water partition coefficient (Wildman–Crippen LogP) is 0.269. The number of aromatic nitrogens is 2. The zero-order chi connectivity index (χ0) is 15.4. The van der Waals surface area contributed by atoms with Crippen LogP contribution in [-0.4, -0.2) is 35.1 Å². The Morgan fingerprint density at radius 2 is 2.18 bits per heavy atom. The van der Waals surface area contributed by atoms with Crippen molar-refractivity contribution in [2.24, 2.45) is 0 Å². The summed E-state index contributed by atoms with van der Waals surface area (Å²) in [6.45, 7) is 0.545. The molecule has 0 bridgehead atoms. The van der Waals surface area contributed by atoms with Crippen LogP contribution < -0.4 is 20.3 Å². The van der Waals surface area contributed by atoms with Gasteiger partial charge in [-0.1, -0.05) is 12.1 Å². The van der Waals surface area contributed by atoms with Crippen molar-refractivity contribution >= 4 is 5.91 Å². The van der Waals surface area contributed by atoms with Gasteiger partial charge < -0.3 is 19.8 Å². The van der Waals surface area contributed by atoms with Crippen LogP contribution in [0, 0.1) is 0 Å². The molecule has 1 aliphatic heterocycles. The summed E-state index contributed by atoms with van der Waals surface area (Å²) in [5.74, 6) is 0.948. The third-order valence-corrected chi connectivity index (χ3v) is 3.22. The molecule has 1 atom stereocenters. The lowest BCUT2D eigenvalue weighted by molar-refractivity contribution is -0.130. The fraction of sp³-hybridized carbons (Fsp3) is 0.267. The number of fused-ring (bicyclic) bond motifs is 1. The van der Waals surface area contributed by atoms with E-state index in [1.165, 1.54) is 12.4 Å². The zero-order valence-electron chi connectivity index (χ0n) is 11.7. The molecule has 0 saturated carbocycles. The van der Waals surface area contributed by atoms with Crippen LogP contribution in [0.4, 0.5) is 0 Å². The molecule has 1 aromatic heterocycles. The van der Waals surface area contributed by atoms with Gasteiger partial charge in [0, 0.05) is 24.7 Å². The van der Waals surface area contributed by atoms with E-state index in [0.717, 1.165) is 0 Å². The largest absolute Gasteiger partial charge is 0.485 e. The maximum absolute atomic E-state index is 12.1. The van der Waals surface area contributed by atoms with Gasteiger partial charge in [0.05, 0.1) is 6.33 Å². The van der Waals surface area contributed by atoms with Gasteiger partial charge in [-0.15, -0.1) is 0 Å². The van der Waals surface area contributed by atoms with E-state index in [2.05, 4.69) is 15.3 Å². The van der Waals surface area contributed by atoms with Crippen LogP contribution in [0.5, 0.6) is 11.5 Å². The number of ether oxygens (including phenoxy) is 2. The van der Waals surface area contributed by atoms with Gasteiger partial charge in [0.15, 0.2) is 11.5 Å². The second-order valence-electron chi connectivity index (χ2n) is 4.81. The normalized spacial score (nSPS) is 16.1. The fourth-order valence-electron chi connectivity index (χ4n) is 2.12. The van der Waals surface area contributed by atoms with Crippen molar-refractivity contribution in [3.63, 3.8) is 0 Å². The Morgan fingerprint density at radius 3 is 3.00 bits per heavy atom. The average molecular weight is 301 g/mol. The molecule has 114 valence electrons. The van der Waals surface area contributed by atoms with E-state index in [0.29, 0.717) is 30.2 Å². The average Bonchev–Trinajstić information content (AvgIpc) is 2.54. The third-order valence-electron chi connectivity index (χ3n) is 3.22. The van der Waals surface area contributed by atoms with Crippen LogP contribution in [-0.2, 0) is 11.2 Å². The summed E-state index contributed by atoms with van der Waals surface area (Å²) in [6.07, 6.45) is 1.14. The molecule has 2 aromatic rings. The van der Waals surface area contributed by atoms with Gasteiger partial charge in [-0.3, -0.25) is 9.59 Å². The van der Waals surface area contributed by atoms with Crippen LogP contribution in [0.25, 0.3) is 0 Å². The number of amides is 1. The molecule has 2 N–H and O–H groups in total. The van der Waals surface area contributed by atoms with E-state index >= 15 is 0 Å². The molecule has 0 spiro atoms. The Morgan fingerprint density at radius 1 is 1.36 bits per heavy atom. The molecule has 2 heterocycles. The van der Waals surface area contributed by atoms with Gasteiger partial charge in [0.1, 0.15) is 6.61 Å². The summed E-state index contributed by atoms with van der Waals surface area (Å²) in [7, 11) is 0. The van der Waals surface area contributed by atoms with Crippen molar-refractivity contribution in [3.8, 4) is 11.5 Å². The minimum Gasteiger partial charge on any atom is -0.485 e. The first-order valence-corrected chi connectivity index (χ1v) is 6.92. The Hall–Kier alpha value is -2.83. The summed E-state index contributed by atoms with van der Waals surface area (Å²) >= 11 is 0. The van der Waals surface area contributed by atoms with E-state index in [4.69, 9.17) is 9.47 Å². The van der Waals surface area contributed by atoms with Gasteiger partial charge in [0.25, 0.3) is 11.5 Å². The first kappa shape index (κ1) is 14.1. The molecule has 7 nitrogen and oxygen atoms in total. The van der Waals surface area contributed by atoms with Crippen molar-refractivity contribution in [2.45, 2.75) is 12.5 Å². The summed E-state index contributed by atoms with van der Waals surface area (Å²) in [6, 6.07) is 8.62. The monoisotopic (exact) mass is 301 g/mol. The van der Waals surface area contributed by atoms with Gasteiger partial charge in [0.2, 0.25) is 6.10 Å². The van der Waals surface area contributed by atoms with Crippen molar-refractivity contribution in [2.75, 3.05) is 13.2 Å². The van der Waals surface area contributed by atoms with Crippen molar-refractivity contribution in [1.82, 2.24) is 15.3 Å². The highest BCUT2D eigenvalue weighted by molar-refractivity contribution is 5.81. The second kappa shape index (κ2) is 6.30. The molecule has 1 amide bonds. The number of nitrogens with zero attached hydrogens (tertiary/aromatic N) is 1. The van der Waals surface area contributed by atoms with Gasteiger partial charge in [-0.05, 0) is 12.1 Å². The lowest BCUT2D eigenvalue weighted by Crippen LogP contribution is -2.44. The molecule has 0 saturated heterocycles. The Balaban J connectivity index is 1.52. The number of carbonyl (C=O) groups excluding carboxylic acids is 1. The van der Waals surface area contributed by atoms with Crippen molar-refractivity contribution in [1.29, 1.82) is 0 Å². The topological polar surface area (TPSA) is 93.3 Å². The van der Waals surface area contributed by atoms with Crippen LogP contribution in [0.3, 0.4) is 0 Å². The number of hydrogen-bond acceptors (Lipinski definition) is 5. The van der Waals surface area contributed by atoms with Gasteiger partial charge >= 0.3 is 0 Å². The van der Waals surface area contributed by atoms with Crippen LogP contribution >= 0.6 is 0 Å².